The van der Waals surface area contributed by atoms with Gasteiger partial charge in [0.15, 0.2) is 0 Å². The molecule has 2 aliphatic rings. The first-order valence-corrected chi connectivity index (χ1v) is 7.17. The molecule has 18 heavy (non-hydrogen) atoms. The molecule has 1 aliphatic heterocycles. The summed E-state index contributed by atoms with van der Waals surface area (Å²) in [5, 5.41) is 10.2. The van der Waals surface area contributed by atoms with E-state index in [9.17, 15) is 5.11 Å². The highest BCUT2D eigenvalue weighted by molar-refractivity contribution is 5.37. The van der Waals surface area contributed by atoms with E-state index in [1.807, 2.05) is 24.3 Å². The van der Waals surface area contributed by atoms with Gasteiger partial charge in [0.1, 0.15) is 11.9 Å². The Labute approximate surface area is 109 Å². The molecule has 4 atom stereocenters. The highest BCUT2D eigenvalue weighted by Crippen LogP contribution is 2.41. The van der Waals surface area contributed by atoms with Crippen molar-refractivity contribution in [3.05, 3.63) is 29.8 Å². The molecule has 3 rings (SSSR count). The maximum absolute atomic E-state index is 10.2. The minimum atomic E-state index is -0.350. The smallest absolute Gasteiger partial charge is 0.125 e. The summed E-state index contributed by atoms with van der Waals surface area (Å²) in [7, 11) is 0. The van der Waals surface area contributed by atoms with Gasteiger partial charge in [-0.3, -0.25) is 0 Å². The second-order valence-corrected chi connectivity index (χ2v) is 5.98. The standard InChI is InChI=1S/C16H22O2/c1-11-5-4-6-12(9-11)16-10-14(17)13-7-2-3-8-15(13)18-16/h2-3,7-8,11-12,14,16-17H,4-6,9-10H2,1H3/t11?,12?,14-,16?/m1/s1. The Bertz CT molecular complexity index is 415. The summed E-state index contributed by atoms with van der Waals surface area (Å²) in [5.41, 5.74) is 0.956. The maximum Gasteiger partial charge on any atom is 0.125 e. The van der Waals surface area contributed by atoms with Gasteiger partial charge in [-0.25, -0.2) is 0 Å². The van der Waals surface area contributed by atoms with Gasteiger partial charge in [0.25, 0.3) is 0 Å². The van der Waals surface area contributed by atoms with Gasteiger partial charge in [-0.2, -0.15) is 0 Å². The first-order chi connectivity index (χ1) is 8.74. The van der Waals surface area contributed by atoms with E-state index < -0.39 is 0 Å². The summed E-state index contributed by atoms with van der Waals surface area (Å²) in [6.45, 7) is 2.33. The van der Waals surface area contributed by atoms with Gasteiger partial charge in [-0.05, 0) is 30.7 Å². The Morgan fingerprint density at radius 2 is 2.00 bits per heavy atom. The second-order valence-electron chi connectivity index (χ2n) is 5.98. The van der Waals surface area contributed by atoms with Gasteiger partial charge in [0.2, 0.25) is 0 Å². The number of rotatable bonds is 1. The van der Waals surface area contributed by atoms with Crippen LogP contribution in [0.4, 0.5) is 0 Å². The second kappa shape index (κ2) is 4.93. The van der Waals surface area contributed by atoms with Crippen LogP contribution in [0.2, 0.25) is 0 Å². The van der Waals surface area contributed by atoms with Gasteiger partial charge in [-0.15, -0.1) is 0 Å². The maximum atomic E-state index is 10.2. The van der Waals surface area contributed by atoms with E-state index >= 15 is 0 Å². The molecule has 1 saturated carbocycles. The van der Waals surface area contributed by atoms with Crippen LogP contribution < -0.4 is 4.74 Å². The fraction of sp³-hybridized carbons (Fsp3) is 0.625. The molecular formula is C16H22O2. The monoisotopic (exact) mass is 246 g/mol. The van der Waals surface area contributed by atoms with Gasteiger partial charge >= 0.3 is 0 Å². The first-order valence-electron chi connectivity index (χ1n) is 7.17. The lowest BCUT2D eigenvalue weighted by molar-refractivity contribution is 0.0172. The molecule has 98 valence electrons. The van der Waals surface area contributed by atoms with Crippen LogP contribution >= 0.6 is 0 Å². The Kier molecular flexibility index (Phi) is 3.29. The van der Waals surface area contributed by atoms with Crippen LogP contribution in [-0.4, -0.2) is 11.2 Å². The molecule has 1 aliphatic carbocycles. The number of benzene rings is 1. The lowest BCUT2D eigenvalue weighted by Gasteiger charge is -2.37. The summed E-state index contributed by atoms with van der Waals surface area (Å²) in [4.78, 5) is 0. The predicted octanol–water partition coefficient (Wildman–Crippen LogP) is 3.70. The van der Waals surface area contributed by atoms with Crippen molar-refractivity contribution in [3.8, 4) is 5.75 Å². The fourth-order valence-electron chi connectivity index (χ4n) is 3.53. The van der Waals surface area contributed by atoms with Crippen LogP contribution in [-0.2, 0) is 0 Å². The number of aliphatic hydroxyl groups excluding tert-OH is 1. The van der Waals surface area contributed by atoms with Crippen LogP contribution in [0.15, 0.2) is 24.3 Å². The van der Waals surface area contributed by atoms with Crippen molar-refractivity contribution in [2.24, 2.45) is 11.8 Å². The van der Waals surface area contributed by atoms with Crippen molar-refractivity contribution < 1.29 is 9.84 Å². The Morgan fingerprint density at radius 1 is 1.17 bits per heavy atom. The molecule has 1 N–H and O–H groups in total. The third kappa shape index (κ3) is 2.26. The molecule has 1 aromatic rings. The van der Waals surface area contributed by atoms with Crippen LogP contribution in [0.3, 0.4) is 0 Å². The summed E-state index contributed by atoms with van der Waals surface area (Å²) < 4.78 is 6.13. The van der Waals surface area contributed by atoms with Crippen molar-refractivity contribution >= 4 is 0 Å². The van der Waals surface area contributed by atoms with E-state index in [1.165, 1.54) is 25.7 Å². The van der Waals surface area contributed by atoms with Crippen LogP contribution in [0.5, 0.6) is 5.75 Å². The molecule has 0 aromatic heterocycles. The Morgan fingerprint density at radius 3 is 2.83 bits per heavy atom. The molecule has 0 spiro atoms. The molecule has 1 aromatic carbocycles. The van der Waals surface area contributed by atoms with Crippen molar-refractivity contribution in [2.75, 3.05) is 0 Å². The number of hydrogen-bond donors (Lipinski definition) is 1. The van der Waals surface area contributed by atoms with Crippen molar-refractivity contribution in [2.45, 2.75) is 51.2 Å². The molecule has 3 unspecified atom stereocenters. The number of fused-ring (bicyclic) bond motifs is 1. The molecule has 0 amide bonds. The number of para-hydroxylation sites is 1. The van der Waals surface area contributed by atoms with E-state index in [1.54, 1.807) is 0 Å². The third-order valence-corrected chi connectivity index (χ3v) is 4.51. The number of ether oxygens (including phenoxy) is 1. The van der Waals surface area contributed by atoms with E-state index in [2.05, 4.69) is 6.92 Å². The third-order valence-electron chi connectivity index (χ3n) is 4.51. The zero-order valence-electron chi connectivity index (χ0n) is 11.0. The van der Waals surface area contributed by atoms with Crippen molar-refractivity contribution in [3.63, 3.8) is 0 Å². The predicted molar refractivity (Wildman–Crippen MR) is 71.6 cm³/mol. The van der Waals surface area contributed by atoms with Crippen molar-refractivity contribution in [1.29, 1.82) is 0 Å². The summed E-state index contributed by atoms with van der Waals surface area (Å²) in [5.74, 6) is 2.32. The molecular weight excluding hydrogens is 224 g/mol. The Balaban J connectivity index is 1.77. The van der Waals surface area contributed by atoms with Crippen LogP contribution in [0.1, 0.15) is 50.7 Å². The molecule has 0 radical (unpaired) electrons. The van der Waals surface area contributed by atoms with E-state index in [0.717, 1.165) is 23.7 Å². The van der Waals surface area contributed by atoms with Gasteiger partial charge in [0.05, 0.1) is 6.10 Å². The molecule has 1 heterocycles. The van der Waals surface area contributed by atoms with Crippen molar-refractivity contribution in [1.82, 2.24) is 0 Å². The molecule has 0 saturated heterocycles. The van der Waals surface area contributed by atoms with E-state index in [-0.39, 0.29) is 12.2 Å². The van der Waals surface area contributed by atoms with Gasteiger partial charge < -0.3 is 9.84 Å². The highest BCUT2D eigenvalue weighted by atomic mass is 16.5. The first kappa shape index (κ1) is 12.0. The number of hydrogen-bond acceptors (Lipinski definition) is 2. The minimum Gasteiger partial charge on any atom is -0.490 e. The largest absolute Gasteiger partial charge is 0.490 e. The summed E-state index contributed by atoms with van der Waals surface area (Å²) in [6, 6.07) is 7.91. The molecule has 1 fully saturated rings. The highest BCUT2D eigenvalue weighted by Gasteiger charge is 2.34. The molecule has 2 nitrogen and oxygen atoms in total. The summed E-state index contributed by atoms with van der Waals surface area (Å²) >= 11 is 0. The van der Waals surface area contributed by atoms with Crippen LogP contribution in [0.25, 0.3) is 0 Å². The fourth-order valence-corrected chi connectivity index (χ4v) is 3.53. The lowest BCUT2D eigenvalue weighted by atomic mass is 9.77. The average molecular weight is 246 g/mol. The topological polar surface area (TPSA) is 29.5 Å². The van der Waals surface area contributed by atoms with Crippen LogP contribution in [0, 0.1) is 11.8 Å². The average Bonchev–Trinajstić information content (AvgIpc) is 2.39. The summed E-state index contributed by atoms with van der Waals surface area (Å²) in [6.07, 6.45) is 5.78. The number of aliphatic hydroxyl groups is 1. The zero-order chi connectivity index (χ0) is 12.5. The van der Waals surface area contributed by atoms with E-state index in [4.69, 9.17) is 4.74 Å². The zero-order valence-corrected chi connectivity index (χ0v) is 11.0. The molecule has 0 bridgehead atoms. The van der Waals surface area contributed by atoms with Gasteiger partial charge in [0, 0.05) is 12.0 Å². The SMILES string of the molecule is CC1CCCC(C2C[C@@H](O)c3ccccc3O2)C1. The quantitative estimate of drug-likeness (QED) is 0.818. The van der Waals surface area contributed by atoms with E-state index in [0.29, 0.717) is 5.92 Å². The minimum absolute atomic E-state index is 0.206. The van der Waals surface area contributed by atoms with Gasteiger partial charge in [-0.1, -0.05) is 38.0 Å². The normalized spacial score (nSPS) is 35.7. The molecule has 2 heteroatoms. The lowest BCUT2D eigenvalue weighted by Crippen LogP contribution is -2.35. The Hall–Kier alpha value is -1.02.